The minimum absolute atomic E-state index is 0. The van der Waals surface area contributed by atoms with Crippen LogP contribution in [0.15, 0.2) is 19.0 Å². The molecule has 3 heterocycles. The largest absolute Gasteiger partial charge is 0.365 e. The van der Waals surface area contributed by atoms with Crippen LogP contribution >= 0.6 is 24.8 Å². The quantitative estimate of drug-likeness (QED) is 0.401. The zero-order chi connectivity index (χ0) is 24.2. The molecular weight excluding hydrogens is 511 g/mol. The first kappa shape index (κ1) is 29.5. The molecule has 0 aromatic carbocycles. The zero-order valence-electron chi connectivity index (χ0n) is 21.6. The number of anilines is 2. The van der Waals surface area contributed by atoms with Crippen molar-refractivity contribution in [1.29, 1.82) is 0 Å². The number of carbonyl (C=O) groups is 1. The van der Waals surface area contributed by atoms with E-state index < -0.39 is 0 Å². The van der Waals surface area contributed by atoms with Crippen molar-refractivity contribution in [3.05, 3.63) is 19.0 Å². The summed E-state index contributed by atoms with van der Waals surface area (Å²) >= 11 is 0. The van der Waals surface area contributed by atoms with Crippen molar-refractivity contribution in [1.82, 2.24) is 24.4 Å². The number of nitrogens with zero attached hydrogens (tertiary/aromatic N) is 5. The van der Waals surface area contributed by atoms with E-state index in [1.54, 1.807) is 0 Å². The Morgan fingerprint density at radius 1 is 1.00 bits per heavy atom. The highest BCUT2D eigenvalue weighted by Gasteiger charge is 2.26. The number of nitrogens with two attached hydrogens (primary N) is 1. The maximum absolute atomic E-state index is 12.4. The fourth-order valence-corrected chi connectivity index (χ4v) is 5.83. The molecule has 3 fully saturated rings. The zero-order valence-corrected chi connectivity index (χ0v) is 23.2. The second-order valence-electron chi connectivity index (χ2n) is 10.5. The minimum Gasteiger partial charge on any atom is -0.365 e. The van der Waals surface area contributed by atoms with Crippen molar-refractivity contribution in [2.45, 2.75) is 101 Å². The topological polar surface area (TPSA) is 114 Å². The van der Waals surface area contributed by atoms with Crippen LogP contribution in [0, 0.1) is 0 Å². The van der Waals surface area contributed by atoms with Crippen LogP contribution in [-0.4, -0.2) is 61.5 Å². The van der Waals surface area contributed by atoms with Gasteiger partial charge >= 0.3 is 0 Å². The molecule has 2 aliphatic carbocycles. The van der Waals surface area contributed by atoms with E-state index >= 15 is 0 Å². The smallest absolute Gasteiger partial charge is 0.227 e. The summed E-state index contributed by atoms with van der Waals surface area (Å²) in [6.45, 7) is 5.26. The molecule has 37 heavy (non-hydrogen) atoms. The van der Waals surface area contributed by atoms with Crippen molar-refractivity contribution in [2.24, 2.45) is 5.73 Å². The number of aromatic nitrogens is 4. The molecule has 5 rings (SSSR count). The summed E-state index contributed by atoms with van der Waals surface area (Å²) in [6.07, 6.45) is 15.9. The Morgan fingerprint density at radius 3 is 2.35 bits per heavy atom. The molecule has 2 aromatic heterocycles. The molecule has 2 saturated carbocycles. The first-order chi connectivity index (χ1) is 17.1. The van der Waals surface area contributed by atoms with Crippen molar-refractivity contribution in [3.8, 4) is 0 Å². The van der Waals surface area contributed by atoms with Gasteiger partial charge in [-0.05, 0) is 57.8 Å². The lowest BCUT2D eigenvalue weighted by molar-refractivity contribution is -0.132. The van der Waals surface area contributed by atoms with Crippen molar-refractivity contribution >= 4 is 53.7 Å². The SMILES string of the molecule is C=CCCC(=O)N1CCC(Nc2nc(N[C@H]3CC[C@H](N)CC3)nc3c2ncn3C2CCCC2)CC1.Cl.Cl. The predicted octanol–water partition coefficient (Wildman–Crippen LogP) is 4.84. The molecule has 2 aromatic rings. The third-order valence-electron chi connectivity index (χ3n) is 8.00. The second kappa shape index (κ2) is 13.6. The fraction of sp³-hybridized carbons (Fsp3) is 0.692. The maximum Gasteiger partial charge on any atom is 0.227 e. The van der Waals surface area contributed by atoms with Gasteiger partial charge in [0.05, 0.1) is 6.33 Å². The normalized spacial score (nSPS) is 22.8. The van der Waals surface area contributed by atoms with E-state index in [1.165, 1.54) is 25.7 Å². The van der Waals surface area contributed by atoms with Crippen LogP contribution in [0.4, 0.5) is 11.8 Å². The van der Waals surface area contributed by atoms with E-state index in [1.807, 2.05) is 17.3 Å². The van der Waals surface area contributed by atoms with Gasteiger partial charge in [0.2, 0.25) is 11.9 Å². The number of fused-ring (bicyclic) bond motifs is 1. The molecule has 0 radical (unpaired) electrons. The van der Waals surface area contributed by atoms with E-state index in [0.717, 1.165) is 75.0 Å². The first-order valence-corrected chi connectivity index (χ1v) is 13.5. The molecule has 1 amide bonds. The lowest BCUT2D eigenvalue weighted by Gasteiger charge is -2.33. The number of hydrogen-bond acceptors (Lipinski definition) is 7. The number of rotatable bonds is 8. The van der Waals surface area contributed by atoms with Crippen molar-refractivity contribution < 1.29 is 4.79 Å². The maximum atomic E-state index is 12.4. The lowest BCUT2D eigenvalue weighted by atomic mass is 9.92. The van der Waals surface area contributed by atoms with Gasteiger partial charge in [-0.15, -0.1) is 31.4 Å². The number of nitrogens with one attached hydrogen (secondary N) is 2. The highest BCUT2D eigenvalue weighted by Crippen LogP contribution is 2.34. The van der Waals surface area contributed by atoms with Gasteiger partial charge in [0, 0.05) is 43.7 Å². The number of likely N-dealkylation sites (tertiary alicyclic amines) is 1. The van der Waals surface area contributed by atoms with Crippen LogP contribution < -0.4 is 16.4 Å². The van der Waals surface area contributed by atoms with Gasteiger partial charge in [0.15, 0.2) is 17.0 Å². The van der Waals surface area contributed by atoms with Gasteiger partial charge in [-0.25, -0.2) is 4.98 Å². The molecule has 0 spiro atoms. The Bertz CT molecular complexity index is 1020. The first-order valence-electron chi connectivity index (χ1n) is 13.5. The Labute approximate surface area is 232 Å². The van der Waals surface area contributed by atoms with E-state index in [2.05, 4.69) is 21.8 Å². The monoisotopic (exact) mass is 552 g/mol. The lowest BCUT2D eigenvalue weighted by Crippen LogP contribution is -2.42. The number of imidazole rings is 1. The molecule has 3 aliphatic rings. The number of carbonyl (C=O) groups excluding carboxylic acids is 1. The van der Waals surface area contributed by atoms with E-state index in [0.29, 0.717) is 30.5 Å². The van der Waals surface area contributed by atoms with Crippen LogP contribution in [0.2, 0.25) is 0 Å². The molecule has 0 bridgehead atoms. The molecule has 0 atom stereocenters. The summed E-state index contributed by atoms with van der Waals surface area (Å²) in [4.78, 5) is 29.0. The third-order valence-corrected chi connectivity index (χ3v) is 8.00. The Morgan fingerprint density at radius 2 is 1.68 bits per heavy atom. The molecule has 206 valence electrons. The Hall–Kier alpha value is -2.10. The summed E-state index contributed by atoms with van der Waals surface area (Å²) in [5.74, 6) is 1.71. The molecule has 1 aliphatic heterocycles. The minimum atomic E-state index is 0. The average molecular weight is 554 g/mol. The van der Waals surface area contributed by atoms with Gasteiger partial charge in [0.25, 0.3) is 0 Å². The summed E-state index contributed by atoms with van der Waals surface area (Å²) in [7, 11) is 0. The van der Waals surface area contributed by atoms with Crippen molar-refractivity contribution in [2.75, 3.05) is 23.7 Å². The van der Waals surface area contributed by atoms with Crippen LogP contribution in [0.5, 0.6) is 0 Å². The van der Waals surface area contributed by atoms with E-state index in [-0.39, 0.29) is 36.8 Å². The number of halogens is 2. The van der Waals surface area contributed by atoms with E-state index in [9.17, 15) is 4.79 Å². The average Bonchev–Trinajstić information content (AvgIpc) is 3.54. The Balaban J connectivity index is 0.00000190. The van der Waals surface area contributed by atoms with Crippen molar-refractivity contribution in [3.63, 3.8) is 0 Å². The summed E-state index contributed by atoms with van der Waals surface area (Å²) in [5, 5.41) is 7.27. The van der Waals surface area contributed by atoms with Gasteiger partial charge in [-0.3, -0.25) is 4.79 Å². The van der Waals surface area contributed by atoms with Crippen LogP contribution in [0.25, 0.3) is 11.2 Å². The Kier molecular flexibility index (Phi) is 10.8. The summed E-state index contributed by atoms with van der Waals surface area (Å²) < 4.78 is 2.26. The highest BCUT2D eigenvalue weighted by molar-refractivity contribution is 5.86. The number of hydrogen-bond donors (Lipinski definition) is 3. The van der Waals surface area contributed by atoms with Gasteiger partial charge < -0.3 is 25.8 Å². The summed E-state index contributed by atoms with van der Waals surface area (Å²) in [5.41, 5.74) is 7.87. The van der Waals surface area contributed by atoms with Crippen LogP contribution in [0.3, 0.4) is 0 Å². The molecular formula is C26H42Cl2N8O. The van der Waals surface area contributed by atoms with Gasteiger partial charge in [0.1, 0.15) is 0 Å². The molecule has 4 N–H and O–H groups in total. The summed E-state index contributed by atoms with van der Waals surface area (Å²) in [6, 6.07) is 1.39. The molecule has 1 saturated heterocycles. The van der Waals surface area contributed by atoms with Crippen LogP contribution in [0.1, 0.15) is 83.1 Å². The van der Waals surface area contributed by atoms with Crippen LogP contribution in [-0.2, 0) is 4.79 Å². The van der Waals surface area contributed by atoms with E-state index in [4.69, 9.17) is 20.7 Å². The van der Waals surface area contributed by atoms with Gasteiger partial charge in [-0.2, -0.15) is 9.97 Å². The number of piperidine rings is 1. The second-order valence-corrected chi connectivity index (χ2v) is 10.5. The highest BCUT2D eigenvalue weighted by atomic mass is 35.5. The number of allylic oxidation sites excluding steroid dienone is 1. The third kappa shape index (κ3) is 7.06. The fourth-order valence-electron chi connectivity index (χ4n) is 5.83. The predicted molar refractivity (Wildman–Crippen MR) is 154 cm³/mol. The molecule has 0 unspecified atom stereocenters. The molecule has 11 heteroatoms. The van der Waals surface area contributed by atoms with Gasteiger partial charge in [-0.1, -0.05) is 18.9 Å². The number of amides is 1. The standard InChI is InChI=1S/C26H40N8O.2ClH/c1-2-3-8-22(35)33-15-13-20(14-16-33)29-24-23-25(34(17-28-23)21-6-4-5-7-21)32-26(31-24)30-19-11-9-18(27)10-12-19;;/h2,17-21H,1,3-16,27H2,(H2,29,30,31,32);2*1H/t18-,19-;;. The molecule has 9 nitrogen and oxygen atoms in total.